The molecule has 8 heteroatoms. The van der Waals surface area contributed by atoms with Crippen molar-refractivity contribution < 1.29 is 24.4 Å². The van der Waals surface area contributed by atoms with Crippen LogP contribution in [0.5, 0.6) is 0 Å². The van der Waals surface area contributed by atoms with E-state index in [-0.39, 0.29) is 23.5 Å². The van der Waals surface area contributed by atoms with Crippen LogP contribution in [0.25, 0.3) is 0 Å². The predicted octanol–water partition coefficient (Wildman–Crippen LogP) is 2.05. The van der Waals surface area contributed by atoms with E-state index in [4.69, 9.17) is 9.84 Å². The lowest BCUT2D eigenvalue weighted by molar-refractivity contribution is -0.384. The molecule has 106 valence electrons. The van der Waals surface area contributed by atoms with Crippen molar-refractivity contribution in [2.45, 2.75) is 0 Å². The van der Waals surface area contributed by atoms with Gasteiger partial charge in [0.15, 0.2) is 0 Å². The van der Waals surface area contributed by atoms with Crippen LogP contribution in [0.15, 0.2) is 30.9 Å². The van der Waals surface area contributed by atoms with E-state index >= 15 is 0 Å². The third-order valence-electron chi connectivity index (χ3n) is 2.38. The summed E-state index contributed by atoms with van der Waals surface area (Å²) in [7, 11) is 1.30. The van der Waals surface area contributed by atoms with E-state index in [0.717, 1.165) is 17.0 Å². The topological polar surface area (TPSA) is 110 Å². The SMILES string of the molecule is C=CCOC(=O)N(C)c1ccc([N+](=O)[O-])cc1C(=O)O. The molecule has 0 radical (unpaired) electrons. The molecule has 0 aliphatic rings. The second-order valence-corrected chi connectivity index (χ2v) is 3.69. The molecule has 0 spiro atoms. The number of hydrogen-bond donors (Lipinski definition) is 1. The summed E-state index contributed by atoms with van der Waals surface area (Å²) in [6.45, 7) is 3.35. The smallest absolute Gasteiger partial charge is 0.414 e. The maximum atomic E-state index is 11.6. The molecule has 0 aromatic heterocycles. The van der Waals surface area contributed by atoms with Crippen LogP contribution in [0.3, 0.4) is 0 Å². The first kappa shape index (κ1) is 15.2. The van der Waals surface area contributed by atoms with Crippen LogP contribution in [-0.2, 0) is 4.74 Å². The van der Waals surface area contributed by atoms with Gasteiger partial charge in [0.25, 0.3) is 5.69 Å². The lowest BCUT2D eigenvalue weighted by Gasteiger charge is -2.18. The minimum atomic E-state index is -1.38. The second kappa shape index (κ2) is 6.32. The second-order valence-electron chi connectivity index (χ2n) is 3.69. The predicted molar refractivity (Wildman–Crippen MR) is 70.0 cm³/mol. The fourth-order valence-electron chi connectivity index (χ4n) is 1.43. The fraction of sp³-hybridized carbons (Fsp3) is 0.167. The Bertz CT molecular complexity index is 569. The van der Waals surface area contributed by atoms with Crippen LogP contribution in [0.2, 0.25) is 0 Å². The number of carbonyl (C=O) groups excluding carboxylic acids is 1. The van der Waals surface area contributed by atoms with Crippen molar-refractivity contribution in [2.75, 3.05) is 18.6 Å². The average Bonchev–Trinajstić information content (AvgIpc) is 2.42. The molecule has 8 nitrogen and oxygen atoms in total. The maximum absolute atomic E-state index is 11.6. The number of carboxylic acids is 1. The number of rotatable bonds is 5. The zero-order chi connectivity index (χ0) is 15.3. The molecule has 0 atom stereocenters. The van der Waals surface area contributed by atoms with Gasteiger partial charge in [0.05, 0.1) is 16.2 Å². The standard InChI is InChI=1S/C12H12N2O6/c1-3-6-20-12(17)13(2)10-5-4-8(14(18)19)7-9(10)11(15)16/h3-5,7H,1,6H2,2H3,(H,15,16). The van der Waals surface area contributed by atoms with E-state index in [1.807, 2.05) is 0 Å². The monoisotopic (exact) mass is 280 g/mol. The van der Waals surface area contributed by atoms with Crippen LogP contribution in [-0.4, -0.2) is 35.7 Å². The molecule has 0 bridgehead atoms. The maximum Gasteiger partial charge on any atom is 0.414 e. The number of nitro benzene ring substituents is 1. The summed E-state index contributed by atoms with van der Waals surface area (Å²) in [6.07, 6.45) is 0.570. The lowest BCUT2D eigenvalue weighted by atomic mass is 10.1. The minimum Gasteiger partial charge on any atom is -0.478 e. The van der Waals surface area contributed by atoms with Gasteiger partial charge in [-0.1, -0.05) is 12.7 Å². The van der Waals surface area contributed by atoms with E-state index < -0.39 is 17.0 Å². The number of non-ortho nitro benzene ring substituents is 1. The summed E-state index contributed by atoms with van der Waals surface area (Å²) in [4.78, 5) is 33.6. The molecular weight excluding hydrogens is 268 g/mol. The summed E-state index contributed by atoms with van der Waals surface area (Å²) in [5, 5.41) is 19.7. The van der Waals surface area contributed by atoms with Crippen molar-refractivity contribution in [1.82, 2.24) is 0 Å². The van der Waals surface area contributed by atoms with E-state index in [9.17, 15) is 19.7 Å². The minimum absolute atomic E-state index is 0.00263. The van der Waals surface area contributed by atoms with Gasteiger partial charge in [-0.2, -0.15) is 0 Å². The van der Waals surface area contributed by atoms with E-state index in [1.54, 1.807) is 0 Å². The normalized spacial score (nSPS) is 9.65. The number of aromatic carboxylic acids is 1. The number of carboxylic acid groups (broad SMARTS) is 1. The molecule has 0 aliphatic carbocycles. The van der Waals surface area contributed by atoms with E-state index in [0.29, 0.717) is 0 Å². The largest absolute Gasteiger partial charge is 0.478 e. The zero-order valence-corrected chi connectivity index (χ0v) is 10.6. The number of nitro groups is 1. The van der Waals surface area contributed by atoms with Crippen molar-refractivity contribution >= 4 is 23.4 Å². The van der Waals surface area contributed by atoms with Gasteiger partial charge in [-0.3, -0.25) is 15.0 Å². The number of benzene rings is 1. The Morgan fingerprint density at radius 3 is 2.70 bits per heavy atom. The molecule has 0 saturated heterocycles. The van der Waals surface area contributed by atoms with Crippen LogP contribution in [0.1, 0.15) is 10.4 Å². The molecule has 1 aromatic rings. The van der Waals surface area contributed by atoms with Crippen LogP contribution >= 0.6 is 0 Å². The molecular formula is C12H12N2O6. The first-order valence-corrected chi connectivity index (χ1v) is 5.41. The molecule has 0 unspecified atom stereocenters. The Labute approximate surface area is 114 Å². The number of hydrogen-bond acceptors (Lipinski definition) is 5. The highest BCUT2D eigenvalue weighted by molar-refractivity contribution is 6.00. The van der Waals surface area contributed by atoms with Crippen LogP contribution in [0, 0.1) is 10.1 Å². The average molecular weight is 280 g/mol. The zero-order valence-electron chi connectivity index (χ0n) is 10.6. The molecule has 1 N–H and O–H groups in total. The highest BCUT2D eigenvalue weighted by atomic mass is 16.6. The number of carbonyl (C=O) groups is 2. The summed E-state index contributed by atoms with van der Waals surface area (Å²) < 4.78 is 4.76. The fourth-order valence-corrected chi connectivity index (χ4v) is 1.43. The molecule has 1 amide bonds. The van der Waals surface area contributed by atoms with Gasteiger partial charge in [-0.05, 0) is 6.07 Å². The molecule has 0 heterocycles. The third-order valence-corrected chi connectivity index (χ3v) is 2.38. The van der Waals surface area contributed by atoms with Crippen molar-refractivity contribution in [2.24, 2.45) is 0 Å². The van der Waals surface area contributed by atoms with E-state index in [2.05, 4.69) is 6.58 Å². The van der Waals surface area contributed by atoms with Gasteiger partial charge < -0.3 is 9.84 Å². The summed E-state index contributed by atoms with van der Waals surface area (Å²) in [5.41, 5.74) is -0.742. The Morgan fingerprint density at radius 2 is 2.20 bits per heavy atom. The van der Waals surface area contributed by atoms with Gasteiger partial charge in [-0.25, -0.2) is 9.59 Å². The first-order valence-electron chi connectivity index (χ1n) is 5.41. The van der Waals surface area contributed by atoms with Crippen LogP contribution < -0.4 is 4.90 Å². The number of amides is 1. The quantitative estimate of drug-likeness (QED) is 0.502. The van der Waals surface area contributed by atoms with Gasteiger partial charge in [-0.15, -0.1) is 0 Å². The molecule has 0 saturated carbocycles. The molecule has 0 aliphatic heterocycles. The number of ether oxygens (including phenoxy) is 1. The van der Waals surface area contributed by atoms with Crippen molar-refractivity contribution in [3.63, 3.8) is 0 Å². The molecule has 0 fully saturated rings. The van der Waals surface area contributed by atoms with Gasteiger partial charge >= 0.3 is 12.1 Å². The van der Waals surface area contributed by atoms with Gasteiger partial charge in [0.2, 0.25) is 0 Å². The summed E-state index contributed by atoms with van der Waals surface area (Å²) in [5.74, 6) is -1.38. The Morgan fingerprint density at radius 1 is 1.55 bits per heavy atom. The third kappa shape index (κ3) is 3.31. The van der Waals surface area contributed by atoms with Gasteiger partial charge in [0.1, 0.15) is 6.61 Å². The molecule has 1 rings (SSSR count). The number of nitrogens with zero attached hydrogens (tertiary/aromatic N) is 2. The lowest BCUT2D eigenvalue weighted by Crippen LogP contribution is -2.28. The van der Waals surface area contributed by atoms with Crippen molar-refractivity contribution in [1.29, 1.82) is 0 Å². The summed E-state index contributed by atoms with van der Waals surface area (Å²) >= 11 is 0. The highest BCUT2D eigenvalue weighted by Crippen LogP contribution is 2.25. The summed E-state index contributed by atoms with van der Waals surface area (Å²) in [6, 6.07) is 3.17. The first-order chi connectivity index (χ1) is 9.38. The number of anilines is 1. The van der Waals surface area contributed by atoms with Crippen molar-refractivity contribution in [3.05, 3.63) is 46.5 Å². The highest BCUT2D eigenvalue weighted by Gasteiger charge is 2.22. The van der Waals surface area contributed by atoms with Crippen molar-refractivity contribution in [3.8, 4) is 0 Å². The Hall–Kier alpha value is -2.90. The Balaban J connectivity index is 3.16. The Kier molecular flexibility index (Phi) is 4.79. The van der Waals surface area contributed by atoms with Crippen LogP contribution in [0.4, 0.5) is 16.2 Å². The molecule has 20 heavy (non-hydrogen) atoms. The molecule has 1 aromatic carbocycles. The van der Waals surface area contributed by atoms with E-state index in [1.165, 1.54) is 19.2 Å². The van der Waals surface area contributed by atoms with Gasteiger partial charge in [0, 0.05) is 19.2 Å².